The number of rotatable bonds is 5. The Bertz CT molecular complexity index is 665. The minimum Gasteiger partial charge on any atom is -0.206 e. The Hall–Kier alpha value is 0.0800. The van der Waals surface area contributed by atoms with Crippen molar-refractivity contribution in [3.05, 3.63) is 37.8 Å². The Morgan fingerprint density at radius 1 is 1.32 bits per heavy atom. The minimum atomic E-state index is -3.43. The maximum atomic E-state index is 12.4. The van der Waals surface area contributed by atoms with Crippen molar-refractivity contribution in [1.82, 2.24) is 4.31 Å². The molecule has 0 aromatic carbocycles. The Labute approximate surface area is 134 Å². The van der Waals surface area contributed by atoms with Crippen LogP contribution in [0, 0.1) is 0 Å². The SMILES string of the molecule is CN(Cc1cc(Br)cs1)S(=O)(=O)c1cc(CCl)cs1. The van der Waals surface area contributed by atoms with Gasteiger partial charge in [0.25, 0.3) is 10.0 Å². The predicted molar refractivity (Wildman–Crippen MR) is 84.5 cm³/mol. The summed E-state index contributed by atoms with van der Waals surface area (Å²) in [5.41, 5.74) is 0.831. The van der Waals surface area contributed by atoms with Gasteiger partial charge in [0.1, 0.15) is 4.21 Å². The van der Waals surface area contributed by atoms with Crippen LogP contribution in [0.15, 0.2) is 31.6 Å². The van der Waals surface area contributed by atoms with Crippen LogP contribution in [0.5, 0.6) is 0 Å². The van der Waals surface area contributed by atoms with Gasteiger partial charge in [0, 0.05) is 34.2 Å². The Morgan fingerprint density at radius 2 is 2.05 bits per heavy atom. The standard InChI is InChI=1S/C11H11BrClNO2S3/c1-14(5-10-3-9(12)7-17-10)19(15,16)11-2-8(4-13)6-18-11/h2-3,6-7H,4-5H2,1H3. The molecule has 8 heteroatoms. The third kappa shape index (κ3) is 3.59. The topological polar surface area (TPSA) is 37.4 Å². The average molecular weight is 401 g/mol. The summed E-state index contributed by atoms with van der Waals surface area (Å²) in [6, 6.07) is 3.56. The first-order valence-electron chi connectivity index (χ1n) is 5.26. The molecule has 0 saturated carbocycles. The van der Waals surface area contributed by atoms with Crippen LogP contribution in [0.3, 0.4) is 0 Å². The molecule has 0 aliphatic carbocycles. The van der Waals surface area contributed by atoms with E-state index < -0.39 is 10.0 Å². The van der Waals surface area contributed by atoms with Crippen LogP contribution in [0.4, 0.5) is 0 Å². The second-order valence-electron chi connectivity index (χ2n) is 3.90. The monoisotopic (exact) mass is 399 g/mol. The highest BCUT2D eigenvalue weighted by Crippen LogP contribution is 2.27. The van der Waals surface area contributed by atoms with Crippen molar-refractivity contribution in [3.8, 4) is 0 Å². The Balaban J connectivity index is 2.19. The lowest BCUT2D eigenvalue weighted by Crippen LogP contribution is -2.25. The molecule has 0 radical (unpaired) electrons. The smallest absolute Gasteiger partial charge is 0.206 e. The zero-order chi connectivity index (χ0) is 14.0. The van der Waals surface area contributed by atoms with Crippen LogP contribution >= 0.6 is 50.2 Å². The van der Waals surface area contributed by atoms with Crippen LogP contribution in [0.25, 0.3) is 0 Å². The Kier molecular flexibility index (Phi) is 5.08. The molecule has 2 aromatic heterocycles. The summed E-state index contributed by atoms with van der Waals surface area (Å²) in [4.78, 5) is 0.993. The normalized spacial score (nSPS) is 12.2. The third-order valence-corrected chi connectivity index (χ3v) is 7.71. The lowest BCUT2D eigenvalue weighted by Gasteiger charge is -2.14. The van der Waals surface area contributed by atoms with Gasteiger partial charge in [-0.05, 0) is 39.0 Å². The summed E-state index contributed by atoms with van der Waals surface area (Å²) in [7, 11) is -1.85. The number of hydrogen-bond acceptors (Lipinski definition) is 4. The van der Waals surface area contributed by atoms with E-state index in [1.54, 1.807) is 18.5 Å². The summed E-state index contributed by atoms with van der Waals surface area (Å²) in [5.74, 6) is 0.327. The number of thiophene rings is 2. The number of halogens is 2. The van der Waals surface area contributed by atoms with Gasteiger partial charge in [-0.25, -0.2) is 8.42 Å². The van der Waals surface area contributed by atoms with Gasteiger partial charge < -0.3 is 0 Å². The van der Waals surface area contributed by atoms with E-state index >= 15 is 0 Å². The third-order valence-electron chi connectivity index (χ3n) is 2.45. The van der Waals surface area contributed by atoms with Gasteiger partial charge in [-0.15, -0.1) is 34.3 Å². The first kappa shape index (κ1) is 15.5. The van der Waals surface area contributed by atoms with E-state index in [1.807, 2.05) is 11.4 Å². The number of sulfonamides is 1. The van der Waals surface area contributed by atoms with Gasteiger partial charge in [0.05, 0.1) is 0 Å². The van der Waals surface area contributed by atoms with Gasteiger partial charge in [-0.1, -0.05) is 0 Å². The first-order valence-corrected chi connectivity index (χ1v) is 9.79. The van der Waals surface area contributed by atoms with E-state index in [9.17, 15) is 8.42 Å². The fourth-order valence-corrected chi connectivity index (χ4v) is 5.85. The van der Waals surface area contributed by atoms with Gasteiger partial charge in [0.2, 0.25) is 0 Å². The molecule has 0 spiro atoms. The highest BCUT2D eigenvalue weighted by atomic mass is 79.9. The van der Waals surface area contributed by atoms with Crippen LogP contribution < -0.4 is 0 Å². The highest BCUT2D eigenvalue weighted by molar-refractivity contribution is 9.10. The molecule has 2 rings (SSSR count). The fraction of sp³-hybridized carbons (Fsp3) is 0.273. The molecule has 3 nitrogen and oxygen atoms in total. The van der Waals surface area contributed by atoms with Crippen molar-refractivity contribution in [2.24, 2.45) is 0 Å². The second kappa shape index (κ2) is 6.24. The second-order valence-corrected chi connectivity index (χ2v) is 9.26. The van der Waals surface area contributed by atoms with E-state index in [0.29, 0.717) is 16.6 Å². The van der Waals surface area contributed by atoms with Crippen molar-refractivity contribution < 1.29 is 8.42 Å². The average Bonchev–Trinajstić information content (AvgIpc) is 2.98. The van der Waals surface area contributed by atoms with Crippen molar-refractivity contribution in [2.45, 2.75) is 16.6 Å². The van der Waals surface area contributed by atoms with E-state index in [2.05, 4.69) is 15.9 Å². The largest absolute Gasteiger partial charge is 0.252 e. The van der Waals surface area contributed by atoms with E-state index in [1.165, 1.54) is 27.0 Å². The molecule has 19 heavy (non-hydrogen) atoms. The molecule has 0 unspecified atom stereocenters. The lowest BCUT2D eigenvalue weighted by atomic mass is 10.4. The Morgan fingerprint density at radius 3 is 2.58 bits per heavy atom. The lowest BCUT2D eigenvalue weighted by molar-refractivity contribution is 0.471. The van der Waals surface area contributed by atoms with Crippen molar-refractivity contribution in [1.29, 1.82) is 0 Å². The van der Waals surface area contributed by atoms with Crippen molar-refractivity contribution in [3.63, 3.8) is 0 Å². The predicted octanol–water partition coefficient (Wildman–Crippen LogP) is 4.13. The maximum Gasteiger partial charge on any atom is 0.252 e. The molecule has 104 valence electrons. The first-order chi connectivity index (χ1) is 8.93. The quantitative estimate of drug-likeness (QED) is 0.708. The van der Waals surface area contributed by atoms with Gasteiger partial charge in [-0.3, -0.25) is 0 Å². The van der Waals surface area contributed by atoms with Crippen molar-refractivity contribution in [2.75, 3.05) is 7.05 Å². The van der Waals surface area contributed by atoms with Gasteiger partial charge >= 0.3 is 0 Å². The molecule has 2 aromatic rings. The molecule has 0 N–H and O–H groups in total. The van der Waals surface area contributed by atoms with Gasteiger partial charge in [-0.2, -0.15) is 4.31 Å². The van der Waals surface area contributed by atoms with Crippen LogP contribution in [-0.4, -0.2) is 19.8 Å². The summed E-state index contributed by atoms with van der Waals surface area (Å²) < 4.78 is 27.4. The number of nitrogens with zero attached hydrogens (tertiary/aromatic N) is 1. The molecular formula is C11H11BrClNO2S3. The summed E-state index contributed by atoms with van der Waals surface area (Å²) in [6.07, 6.45) is 0. The highest BCUT2D eigenvalue weighted by Gasteiger charge is 2.23. The summed E-state index contributed by atoms with van der Waals surface area (Å²) >= 11 is 11.8. The zero-order valence-electron chi connectivity index (χ0n) is 9.97. The van der Waals surface area contributed by atoms with Crippen LogP contribution in [0.2, 0.25) is 0 Å². The van der Waals surface area contributed by atoms with Crippen molar-refractivity contribution >= 4 is 60.2 Å². The molecule has 0 saturated heterocycles. The molecule has 0 aliphatic rings. The summed E-state index contributed by atoms with van der Waals surface area (Å²) in [5, 5.41) is 3.71. The van der Waals surface area contributed by atoms with Gasteiger partial charge in [0.15, 0.2) is 0 Å². The zero-order valence-corrected chi connectivity index (χ0v) is 14.8. The number of alkyl halides is 1. The van der Waals surface area contributed by atoms with E-state index in [-0.39, 0.29) is 0 Å². The molecule has 0 fully saturated rings. The maximum absolute atomic E-state index is 12.4. The molecule has 0 bridgehead atoms. The molecule has 0 amide bonds. The number of hydrogen-bond donors (Lipinski definition) is 0. The molecule has 0 atom stereocenters. The minimum absolute atomic E-state index is 0.327. The van der Waals surface area contributed by atoms with Crippen LogP contribution in [0.1, 0.15) is 10.4 Å². The van der Waals surface area contributed by atoms with E-state index in [4.69, 9.17) is 11.6 Å². The molecular weight excluding hydrogens is 390 g/mol. The molecule has 2 heterocycles. The van der Waals surface area contributed by atoms with Crippen LogP contribution in [-0.2, 0) is 22.4 Å². The molecule has 0 aliphatic heterocycles. The van der Waals surface area contributed by atoms with E-state index in [0.717, 1.165) is 14.9 Å². The summed E-state index contributed by atoms with van der Waals surface area (Å²) in [6.45, 7) is 0.368. The fourth-order valence-electron chi connectivity index (χ4n) is 1.45.